The maximum atomic E-state index is 5.25. The fourth-order valence-corrected chi connectivity index (χ4v) is 2.63. The second-order valence-electron chi connectivity index (χ2n) is 5.55. The summed E-state index contributed by atoms with van der Waals surface area (Å²) < 4.78 is 10.5. The van der Waals surface area contributed by atoms with Crippen LogP contribution in [0.3, 0.4) is 0 Å². The number of hydrogen-bond acceptors (Lipinski definition) is 4. The first-order chi connectivity index (χ1) is 12.2. The number of benzene rings is 2. The molecule has 0 atom stereocenters. The van der Waals surface area contributed by atoms with Crippen LogP contribution in [0.25, 0.3) is 22.4 Å². The molecule has 4 heteroatoms. The predicted octanol–water partition coefficient (Wildman–Crippen LogP) is 4.56. The monoisotopic (exact) mass is 332 g/mol. The third-order valence-electron chi connectivity index (χ3n) is 3.96. The molecule has 1 aromatic heterocycles. The Labute approximate surface area is 147 Å². The molecule has 0 fully saturated rings. The van der Waals surface area contributed by atoms with E-state index in [4.69, 9.17) is 9.47 Å². The van der Waals surface area contributed by atoms with Gasteiger partial charge in [0.25, 0.3) is 0 Å². The molecule has 126 valence electrons. The summed E-state index contributed by atoms with van der Waals surface area (Å²) in [4.78, 5) is 0. The number of allylic oxidation sites excluding steroid dienone is 1. The van der Waals surface area contributed by atoms with Gasteiger partial charge in [0.2, 0.25) is 0 Å². The Hall–Kier alpha value is -3.14. The lowest BCUT2D eigenvalue weighted by atomic mass is 9.98. The summed E-state index contributed by atoms with van der Waals surface area (Å²) in [7, 11) is 3.32. The summed E-state index contributed by atoms with van der Waals surface area (Å²) in [5.74, 6) is 1.63. The molecule has 0 radical (unpaired) electrons. The average molecular weight is 332 g/mol. The van der Waals surface area contributed by atoms with Crippen molar-refractivity contribution in [3.8, 4) is 33.9 Å². The van der Waals surface area contributed by atoms with Gasteiger partial charge in [-0.1, -0.05) is 18.2 Å². The fraction of sp³-hybridized carbons (Fsp3) is 0.143. The van der Waals surface area contributed by atoms with Gasteiger partial charge in [-0.25, -0.2) is 0 Å². The molecular weight excluding hydrogens is 312 g/mol. The van der Waals surface area contributed by atoms with E-state index in [1.54, 1.807) is 14.2 Å². The van der Waals surface area contributed by atoms with Crippen molar-refractivity contribution in [2.75, 3.05) is 14.2 Å². The van der Waals surface area contributed by atoms with E-state index < -0.39 is 0 Å². The molecule has 0 spiro atoms. The quantitative estimate of drug-likeness (QED) is 0.621. The van der Waals surface area contributed by atoms with Crippen molar-refractivity contribution in [2.24, 2.45) is 0 Å². The van der Waals surface area contributed by atoms with Gasteiger partial charge in [-0.15, -0.1) is 11.7 Å². The van der Waals surface area contributed by atoms with Gasteiger partial charge in [-0.3, -0.25) is 0 Å². The smallest absolute Gasteiger partial charge is 0.118 e. The zero-order chi connectivity index (χ0) is 17.6. The van der Waals surface area contributed by atoms with E-state index in [1.165, 1.54) is 0 Å². The van der Waals surface area contributed by atoms with Crippen LogP contribution in [0.2, 0.25) is 0 Å². The third kappa shape index (κ3) is 3.69. The molecule has 0 saturated carbocycles. The minimum atomic E-state index is 0.680. The van der Waals surface area contributed by atoms with Crippen LogP contribution in [-0.4, -0.2) is 24.4 Å². The van der Waals surface area contributed by atoms with Crippen LogP contribution in [0.5, 0.6) is 11.5 Å². The van der Waals surface area contributed by atoms with Crippen molar-refractivity contribution >= 4 is 0 Å². The SMILES string of the molecule is C=CCc1cc(-c2ccc(OC)cc2)c(-c2ccc(OC)cc2)nn1. The summed E-state index contributed by atoms with van der Waals surface area (Å²) in [6, 6.07) is 17.8. The molecule has 0 aliphatic carbocycles. The van der Waals surface area contributed by atoms with Crippen LogP contribution >= 0.6 is 0 Å². The molecule has 4 nitrogen and oxygen atoms in total. The number of nitrogens with zero attached hydrogens (tertiary/aromatic N) is 2. The Balaban J connectivity index is 2.10. The Bertz CT molecular complexity index is 856. The zero-order valence-electron chi connectivity index (χ0n) is 14.4. The first-order valence-electron chi connectivity index (χ1n) is 8.01. The van der Waals surface area contributed by atoms with Gasteiger partial charge >= 0.3 is 0 Å². The van der Waals surface area contributed by atoms with Gasteiger partial charge in [-0.2, -0.15) is 5.10 Å². The van der Waals surface area contributed by atoms with E-state index in [0.29, 0.717) is 6.42 Å². The van der Waals surface area contributed by atoms with Crippen LogP contribution in [0.4, 0.5) is 0 Å². The van der Waals surface area contributed by atoms with Crippen LogP contribution in [0.1, 0.15) is 5.69 Å². The normalized spacial score (nSPS) is 10.3. The van der Waals surface area contributed by atoms with E-state index in [9.17, 15) is 0 Å². The summed E-state index contributed by atoms with van der Waals surface area (Å²) in [5, 5.41) is 8.80. The molecule has 0 amide bonds. The van der Waals surface area contributed by atoms with E-state index in [2.05, 4.69) is 22.8 Å². The molecule has 0 aliphatic rings. The molecule has 25 heavy (non-hydrogen) atoms. The largest absolute Gasteiger partial charge is 0.497 e. The fourth-order valence-electron chi connectivity index (χ4n) is 2.63. The lowest BCUT2D eigenvalue weighted by molar-refractivity contribution is 0.414. The first kappa shape index (κ1) is 16.7. The summed E-state index contributed by atoms with van der Waals surface area (Å²) >= 11 is 0. The van der Waals surface area contributed by atoms with Crippen molar-refractivity contribution < 1.29 is 9.47 Å². The van der Waals surface area contributed by atoms with E-state index in [-0.39, 0.29) is 0 Å². The molecule has 0 bridgehead atoms. The van der Waals surface area contributed by atoms with Crippen molar-refractivity contribution in [2.45, 2.75) is 6.42 Å². The molecule has 2 aromatic carbocycles. The molecule has 0 N–H and O–H groups in total. The van der Waals surface area contributed by atoms with E-state index in [1.807, 2.05) is 54.6 Å². The van der Waals surface area contributed by atoms with Crippen molar-refractivity contribution in [1.82, 2.24) is 10.2 Å². The van der Waals surface area contributed by atoms with Crippen molar-refractivity contribution in [3.63, 3.8) is 0 Å². The van der Waals surface area contributed by atoms with E-state index in [0.717, 1.165) is 39.6 Å². The molecule has 3 rings (SSSR count). The molecular formula is C21H20N2O2. The number of aromatic nitrogens is 2. The van der Waals surface area contributed by atoms with Gasteiger partial charge in [0.05, 0.1) is 19.9 Å². The second kappa shape index (κ2) is 7.62. The lowest BCUT2D eigenvalue weighted by Crippen LogP contribution is -1.98. The highest BCUT2D eigenvalue weighted by Crippen LogP contribution is 2.32. The first-order valence-corrected chi connectivity index (χ1v) is 8.01. The predicted molar refractivity (Wildman–Crippen MR) is 99.9 cm³/mol. The summed E-state index contributed by atoms with van der Waals surface area (Å²) in [6.45, 7) is 3.78. The van der Waals surface area contributed by atoms with Gasteiger partial charge in [-0.05, 0) is 48.0 Å². The Morgan fingerprint density at radius 1 is 0.840 bits per heavy atom. The number of hydrogen-bond donors (Lipinski definition) is 0. The molecule has 0 saturated heterocycles. The highest BCUT2D eigenvalue weighted by atomic mass is 16.5. The van der Waals surface area contributed by atoms with Gasteiger partial charge in [0.15, 0.2) is 0 Å². The van der Waals surface area contributed by atoms with Gasteiger partial charge in [0, 0.05) is 17.5 Å². The Morgan fingerprint density at radius 3 is 1.92 bits per heavy atom. The van der Waals surface area contributed by atoms with Gasteiger partial charge in [0.1, 0.15) is 17.2 Å². The van der Waals surface area contributed by atoms with Crippen molar-refractivity contribution in [1.29, 1.82) is 0 Å². The van der Waals surface area contributed by atoms with Gasteiger partial charge < -0.3 is 9.47 Å². The minimum absolute atomic E-state index is 0.680. The van der Waals surface area contributed by atoms with Crippen LogP contribution in [0.15, 0.2) is 67.3 Å². The highest BCUT2D eigenvalue weighted by molar-refractivity contribution is 5.81. The summed E-state index contributed by atoms with van der Waals surface area (Å²) in [5.41, 5.74) is 4.80. The number of methoxy groups -OCH3 is 2. The van der Waals surface area contributed by atoms with Crippen LogP contribution in [0, 0.1) is 0 Å². The highest BCUT2D eigenvalue weighted by Gasteiger charge is 2.12. The standard InChI is InChI=1S/C21H20N2O2/c1-4-5-17-14-20(15-6-10-18(24-2)11-7-15)21(23-22-17)16-8-12-19(25-3)13-9-16/h4,6-14H,1,5H2,2-3H3. The van der Waals surface area contributed by atoms with Crippen LogP contribution < -0.4 is 9.47 Å². The number of rotatable bonds is 6. The summed E-state index contributed by atoms with van der Waals surface area (Å²) in [6.07, 6.45) is 2.51. The van der Waals surface area contributed by atoms with Crippen molar-refractivity contribution in [3.05, 3.63) is 72.9 Å². The molecule has 3 aromatic rings. The molecule has 0 unspecified atom stereocenters. The lowest BCUT2D eigenvalue weighted by Gasteiger charge is -2.11. The maximum Gasteiger partial charge on any atom is 0.118 e. The Morgan fingerprint density at radius 2 is 1.40 bits per heavy atom. The van der Waals surface area contributed by atoms with Crippen LogP contribution in [-0.2, 0) is 6.42 Å². The van der Waals surface area contributed by atoms with E-state index >= 15 is 0 Å². The Kier molecular flexibility index (Phi) is 5.09. The molecule has 0 aliphatic heterocycles. The average Bonchev–Trinajstić information content (AvgIpc) is 2.68. The minimum Gasteiger partial charge on any atom is -0.497 e. The maximum absolute atomic E-state index is 5.25. The third-order valence-corrected chi connectivity index (χ3v) is 3.96. The molecule has 1 heterocycles. The second-order valence-corrected chi connectivity index (χ2v) is 5.55. The topological polar surface area (TPSA) is 44.2 Å². The number of ether oxygens (including phenoxy) is 2. The zero-order valence-corrected chi connectivity index (χ0v) is 14.4.